The van der Waals surface area contributed by atoms with Crippen LogP contribution in [-0.2, 0) is 25.2 Å². The fourth-order valence-corrected chi connectivity index (χ4v) is 0.192. The van der Waals surface area contributed by atoms with Crippen molar-refractivity contribution >= 4 is 5.78 Å². The van der Waals surface area contributed by atoms with Crippen LogP contribution in [0.1, 0.15) is 13.8 Å². The number of ketones is 1. The van der Waals surface area contributed by atoms with E-state index in [1.54, 1.807) is 0 Å². The van der Waals surface area contributed by atoms with E-state index in [4.69, 9.17) is 5.73 Å². The Labute approximate surface area is 63.5 Å². The number of carbonyl (C=O) groups is 1. The first kappa shape index (κ1) is 11.0. The molecule has 1 radical (unpaired) electrons. The maximum Gasteiger partial charge on any atom is 0.0138 e. The summed E-state index contributed by atoms with van der Waals surface area (Å²) in [4.78, 5) is 10.3. The van der Waals surface area contributed by atoms with E-state index in [2.05, 4.69) is 0 Å². The Balaban J connectivity index is 0. The zero-order valence-corrected chi connectivity index (χ0v) is 7.73. The van der Waals surface area contributed by atoms with Crippen molar-refractivity contribution < 1.29 is 25.2 Å². The van der Waals surface area contributed by atoms with Gasteiger partial charge in [0.15, 0.2) is 0 Å². The molecule has 0 atom stereocenters. The molecule has 0 saturated heterocycles. The maximum absolute atomic E-state index is 10.3. The van der Waals surface area contributed by atoms with Crippen LogP contribution >= 0.6 is 0 Å². The van der Waals surface area contributed by atoms with Crippen LogP contribution in [0.4, 0.5) is 0 Å². The van der Waals surface area contributed by atoms with E-state index in [0.717, 1.165) is 6.54 Å². The Morgan fingerprint density at radius 1 is 1.62 bits per heavy atom. The molecule has 8 heavy (non-hydrogen) atoms. The Morgan fingerprint density at radius 2 is 2.00 bits per heavy atom. The van der Waals surface area contributed by atoms with E-state index < -0.39 is 0 Å². The Kier molecular flexibility index (Phi) is 7.31. The van der Waals surface area contributed by atoms with Gasteiger partial charge in [-0.25, -0.2) is 0 Å². The summed E-state index contributed by atoms with van der Waals surface area (Å²) in [5.41, 5.74) is 4.90. The second kappa shape index (κ2) is 5.30. The fraction of sp³-hybridized carbons (Fsp3) is 0.600. The molecule has 0 aromatic heterocycles. The van der Waals surface area contributed by atoms with Crippen molar-refractivity contribution in [1.29, 1.82) is 0 Å². The number of nitrogens with two attached hydrogens (primary N) is 1. The third kappa shape index (κ3) is 4.32. The predicted molar refractivity (Wildman–Crippen MR) is 28.3 cm³/mol. The minimum Gasteiger partial charge on any atom is -0.461 e. The van der Waals surface area contributed by atoms with Crippen LogP contribution < -0.4 is 5.73 Å². The van der Waals surface area contributed by atoms with Crippen LogP contribution in [0.5, 0.6) is 0 Å². The second-order valence-corrected chi connectivity index (χ2v) is 1.72. The molecule has 49 valence electrons. The maximum atomic E-state index is 10.3. The minimum absolute atomic E-state index is 0. The molecule has 0 aromatic rings. The Hall–Kier alpha value is 0.162. The molecule has 0 saturated carbocycles. The summed E-state index contributed by atoms with van der Waals surface area (Å²) in [7, 11) is 0. The van der Waals surface area contributed by atoms with Gasteiger partial charge in [-0.15, -0.1) is 0 Å². The molecule has 0 aliphatic heterocycles. The van der Waals surface area contributed by atoms with Crippen molar-refractivity contribution in [3.05, 3.63) is 6.54 Å². The number of hydrogen-bond acceptors (Lipinski definition) is 2. The van der Waals surface area contributed by atoms with Crippen LogP contribution in [0, 0.1) is 12.5 Å². The standard InChI is InChI=1S/C5H10NO.Re/c1-4(2)5(7)3-6;/h3-4H,6H2,1-2H3;/q-1;. The van der Waals surface area contributed by atoms with Crippen LogP contribution in [0.25, 0.3) is 0 Å². The van der Waals surface area contributed by atoms with Crippen LogP contribution in [0.15, 0.2) is 0 Å². The van der Waals surface area contributed by atoms with Gasteiger partial charge in [-0.1, -0.05) is 13.8 Å². The predicted octanol–water partition coefficient (Wildman–Crippen LogP) is 0.329. The van der Waals surface area contributed by atoms with Gasteiger partial charge in [0.25, 0.3) is 0 Å². The quantitative estimate of drug-likeness (QED) is 0.744. The summed E-state index contributed by atoms with van der Waals surface area (Å²) in [6.07, 6.45) is 0. The van der Waals surface area contributed by atoms with Crippen molar-refractivity contribution in [2.75, 3.05) is 0 Å². The Bertz CT molecular complexity index is 72.8. The zero-order chi connectivity index (χ0) is 5.86. The molecule has 0 unspecified atom stereocenters. The minimum atomic E-state index is 0. The molecule has 0 aliphatic rings. The van der Waals surface area contributed by atoms with Gasteiger partial charge in [-0.2, -0.15) is 0 Å². The molecule has 2 N–H and O–H groups in total. The van der Waals surface area contributed by atoms with E-state index >= 15 is 0 Å². The molecule has 0 amide bonds. The molecule has 0 aliphatic carbocycles. The third-order valence-electron chi connectivity index (χ3n) is 0.733. The van der Waals surface area contributed by atoms with Crippen LogP contribution in [-0.4, -0.2) is 5.78 Å². The first-order valence-corrected chi connectivity index (χ1v) is 2.27. The van der Waals surface area contributed by atoms with E-state index in [0.29, 0.717) is 0 Å². The first-order valence-electron chi connectivity index (χ1n) is 2.27. The van der Waals surface area contributed by atoms with Gasteiger partial charge in [0.2, 0.25) is 0 Å². The molecule has 0 rings (SSSR count). The summed E-state index contributed by atoms with van der Waals surface area (Å²) >= 11 is 0. The number of carbonyl (C=O) groups excluding carboxylic acids is 1. The monoisotopic (exact) mass is 287 g/mol. The fourth-order valence-electron chi connectivity index (χ4n) is 0.192. The summed E-state index contributed by atoms with van der Waals surface area (Å²) in [6, 6.07) is 0. The number of Topliss-reactive ketones (excluding diaryl/α,β-unsaturated/α-hetero) is 1. The average Bonchev–Trinajstić information content (AvgIpc) is 1.65. The summed E-state index contributed by atoms with van der Waals surface area (Å²) in [5.74, 6) is 0.0463. The molecule has 0 heterocycles. The van der Waals surface area contributed by atoms with Gasteiger partial charge >= 0.3 is 0 Å². The molecule has 0 aromatic carbocycles. The molecular weight excluding hydrogens is 276 g/mol. The zero-order valence-electron chi connectivity index (χ0n) is 5.02. The van der Waals surface area contributed by atoms with Crippen molar-refractivity contribution in [1.82, 2.24) is 0 Å². The first-order chi connectivity index (χ1) is 3.18. The summed E-state index contributed by atoms with van der Waals surface area (Å²) in [5, 5.41) is 0. The van der Waals surface area contributed by atoms with Gasteiger partial charge in [0, 0.05) is 26.2 Å². The second-order valence-electron chi connectivity index (χ2n) is 1.72. The van der Waals surface area contributed by atoms with E-state index in [9.17, 15) is 4.79 Å². The van der Waals surface area contributed by atoms with E-state index in [1.165, 1.54) is 0 Å². The normalized spacial score (nSPS) is 8.00. The number of hydrogen-bond donors (Lipinski definition) is 1. The average molecular weight is 286 g/mol. The number of rotatable bonds is 2. The van der Waals surface area contributed by atoms with Crippen molar-refractivity contribution in [3.63, 3.8) is 0 Å². The van der Waals surface area contributed by atoms with E-state index in [1.807, 2.05) is 13.8 Å². The van der Waals surface area contributed by atoms with Gasteiger partial charge in [0.05, 0.1) is 0 Å². The molecule has 3 heteroatoms. The molecule has 0 bridgehead atoms. The molecule has 0 fully saturated rings. The summed E-state index contributed by atoms with van der Waals surface area (Å²) in [6.45, 7) is 4.72. The van der Waals surface area contributed by atoms with Gasteiger partial charge in [-0.3, -0.25) is 6.54 Å². The summed E-state index contributed by atoms with van der Waals surface area (Å²) < 4.78 is 0. The van der Waals surface area contributed by atoms with Crippen LogP contribution in [0.3, 0.4) is 0 Å². The van der Waals surface area contributed by atoms with Crippen molar-refractivity contribution in [3.8, 4) is 0 Å². The van der Waals surface area contributed by atoms with Crippen LogP contribution in [0.2, 0.25) is 0 Å². The van der Waals surface area contributed by atoms with E-state index in [-0.39, 0.29) is 32.1 Å². The topological polar surface area (TPSA) is 43.1 Å². The Morgan fingerprint density at radius 3 is 2.00 bits per heavy atom. The SMILES string of the molecule is CC(C)C(=O)[CH-]N.[Re]. The molecular formula is C5H10NORe-. The molecule has 0 spiro atoms. The molecule has 2 nitrogen and oxygen atoms in total. The largest absolute Gasteiger partial charge is 0.461 e. The smallest absolute Gasteiger partial charge is 0.0138 e. The van der Waals surface area contributed by atoms with Crippen molar-refractivity contribution in [2.45, 2.75) is 13.8 Å². The third-order valence-corrected chi connectivity index (χ3v) is 0.733. The van der Waals surface area contributed by atoms with Gasteiger partial charge < -0.3 is 10.5 Å². The van der Waals surface area contributed by atoms with Gasteiger partial charge in [0.1, 0.15) is 0 Å². The van der Waals surface area contributed by atoms with Gasteiger partial charge in [-0.05, 0) is 5.92 Å². The van der Waals surface area contributed by atoms with Crippen molar-refractivity contribution in [2.24, 2.45) is 11.7 Å².